The van der Waals surface area contributed by atoms with Gasteiger partial charge in [-0.1, -0.05) is 46.5 Å². The van der Waals surface area contributed by atoms with Crippen LogP contribution in [-0.2, 0) is 7.05 Å². The zero-order valence-corrected chi connectivity index (χ0v) is 13.2. The van der Waals surface area contributed by atoms with Gasteiger partial charge in [-0.2, -0.15) is 0 Å². The summed E-state index contributed by atoms with van der Waals surface area (Å²) < 4.78 is 2.04. The van der Waals surface area contributed by atoms with E-state index in [9.17, 15) is 0 Å². The predicted molar refractivity (Wildman–Crippen MR) is 82.2 cm³/mol. The molecule has 1 heterocycles. The smallest absolute Gasteiger partial charge is 0.0947 e. The number of nitrogens with one attached hydrogen (secondary N) is 1. The Morgan fingerprint density at radius 2 is 2.05 bits per heavy atom. The molecule has 0 aromatic carbocycles. The van der Waals surface area contributed by atoms with Crippen LogP contribution in [-0.4, -0.2) is 16.1 Å². The molecule has 0 fully saturated rings. The van der Waals surface area contributed by atoms with E-state index >= 15 is 0 Å². The molecule has 3 nitrogen and oxygen atoms in total. The van der Waals surface area contributed by atoms with Crippen molar-refractivity contribution in [1.29, 1.82) is 0 Å². The predicted octanol–water partition coefficient (Wildman–Crippen LogP) is 4.07. The number of rotatable bonds is 10. The van der Waals surface area contributed by atoms with E-state index in [1.165, 1.54) is 44.2 Å². The van der Waals surface area contributed by atoms with Crippen molar-refractivity contribution in [1.82, 2.24) is 14.9 Å². The SMILES string of the molecule is CCCCC(CC)CC(NCCC)c1cn(C)cn1. The third-order valence-electron chi connectivity index (χ3n) is 3.83. The number of aryl methyl sites for hydroxylation is 1. The Labute approximate surface area is 118 Å². The third kappa shape index (κ3) is 5.77. The van der Waals surface area contributed by atoms with Gasteiger partial charge in [-0.05, 0) is 25.3 Å². The van der Waals surface area contributed by atoms with Crippen LogP contribution in [0, 0.1) is 5.92 Å². The van der Waals surface area contributed by atoms with E-state index in [4.69, 9.17) is 0 Å². The summed E-state index contributed by atoms with van der Waals surface area (Å²) >= 11 is 0. The van der Waals surface area contributed by atoms with Gasteiger partial charge in [0.15, 0.2) is 0 Å². The molecule has 2 atom stereocenters. The van der Waals surface area contributed by atoms with Crippen LogP contribution >= 0.6 is 0 Å². The molecule has 1 N–H and O–H groups in total. The zero-order valence-electron chi connectivity index (χ0n) is 13.2. The lowest BCUT2D eigenvalue weighted by molar-refractivity contribution is 0.350. The van der Waals surface area contributed by atoms with E-state index in [1.54, 1.807) is 0 Å². The molecule has 1 rings (SSSR count). The van der Waals surface area contributed by atoms with E-state index in [-0.39, 0.29) is 0 Å². The first kappa shape index (κ1) is 16.2. The van der Waals surface area contributed by atoms with Gasteiger partial charge in [0.1, 0.15) is 0 Å². The molecule has 0 spiro atoms. The van der Waals surface area contributed by atoms with Crippen molar-refractivity contribution in [3.05, 3.63) is 18.2 Å². The number of nitrogens with zero attached hydrogens (tertiary/aromatic N) is 2. The van der Waals surface area contributed by atoms with Crippen LogP contribution in [0.4, 0.5) is 0 Å². The van der Waals surface area contributed by atoms with Gasteiger partial charge >= 0.3 is 0 Å². The molecule has 1 aromatic rings. The first-order chi connectivity index (χ1) is 9.21. The summed E-state index contributed by atoms with van der Waals surface area (Å²) in [5, 5.41) is 3.66. The highest BCUT2D eigenvalue weighted by Gasteiger charge is 2.18. The van der Waals surface area contributed by atoms with Gasteiger partial charge in [-0.15, -0.1) is 0 Å². The number of unbranched alkanes of at least 4 members (excludes halogenated alkanes) is 1. The number of hydrogen-bond donors (Lipinski definition) is 1. The van der Waals surface area contributed by atoms with Crippen LogP contribution in [0.5, 0.6) is 0 Å². The summed E-state index contributed by atoms with van der Waals surface area (Å²) in [6.45, 7) is 7.89. The Morgan fingerprint density at radius 3 is 2.58 bits per heavy atom. The summed E-state index contributed by atoms with van der Waals surface area (Å²) in [6, 6.07) is 0.419. The Hall–Kier alpha value is -0.830. The molecule has 19 heavy (non-hydrogen) atoms. The average molecular weight is 265 g/mol. The molecule has 0 radical (unpaired) electrons. The maximum absolute atomic E-state index is 4.54. The highest BCUT2D eigenvalue weighted by molar-refractivity contribution is 5.04. The minimum Gasteiger partial charge on any atom is -0.340 e. The van der Waals surface area contributed by atoms with Gasteiger partial charge in [-0.3, -0.25) is 0 Å². The van der Waals surface area contributed by atoms with Crippen molar-refractivity contribution in [2.45, 2.75) is 65.3 Å². The summed E-state index contributed by atoms with van der Waals surface area (Å²) in [5.74, 6) is 0.816. The second-order valence-corrected chi connectivity index (χ2v) is 5.62. The number of aromatic nitrogens is 2. The highest BCUT2D eigenvalue weighted by Crippen LogP contribution is 2.25. The van der Waals surface area contributed by atoms with E-state index < -0.39 is 0 Å². The van der Waals surface area contributed by atoms with E-state index in [0.29, 0.717) is 6.04 Å². The third-order valence-corrected chi connectivity index (χ3v) is 3.83. The quantitative estimate of drug-likeness (QED) is 0.691. The van der Waals surface area contributed by atoms with Crippen LogP contribution in [0.2, 0.25) is 0 Å². The van der Waals surface area contributed by atoms with E-state index in [2.05, 4.69) is 37.3 Å². The molecule has 0 amide bonds. The fourth-order valence-electron chi connectivity index (χ4n) is 2.55. The molecular weight excluding hydrogens is 234 g/mol. The van der Waals surface area contributed by atoms with Crippen LogP contribution in [0.3, 0.4) is 0 Å². The number of hydrogen-bond acceptors (Lipinski definition) is 2. The minimum atomic E-state index is 0.419. The standard InChI is InChI=1S/C16H31N3/c1-5-8-9-14(7-3)11-15(17-10-6-2)16-12-19(4)13-18-16/h12-15,17H,5-11H2,1-4H3. The monoisotopic (exact) mass is 265 g/mol. The lowest BCUT2D eigenvalue weighted by atomic mass is 9.91. The highest BCUT2D eigenvalue weighted by atomic mass is 15.0. The first-order valence-corrected chi connectivity index (χ1v) is 7.92. The van der Waals surface area contributed by atoms with Gasteiger partial charge in [0, 0.05) is 13.2 Å². The summed E-state index contributed by atoms with van der Waals surface area (Å²) in [5.41, 5.74) is 1.20. The fourth-order valence-corrected chi connectivity index (χ4v) is 2.55. The fraction of sp³-hybridized carbons (Fsp3) is 0.812. The largest absolute Gasteiger partial charge is 0.340 e. The Balaban J connectivity index is 2.62. The molecule has 2 unspecified atom stereocenters. The summed E-state index contributed by atoms with van der Waals surface area (Å²) in [4.78, 5) is 4.54. The molecule has 0 aliphatic heterocycles. The van der Waals surface area contributed by atoms with Crippen LogP contribution in [0.25, 0.3) is 0 Å². The lowest BCUT2D eigenvalue weighted by Gasteiger charge is -2.22. The van der Waals surface area contributed by atoms with Crippen molar-refractivity contribution in [3.8, 4) is 0 Å². The Bertz CT molecular complexity index is 332. The molecule has 3 heteroatoms. The summed E-state index contributed by atoms with van der Waals surface area (Å²) in [6.07, 6.45) is 11.7. The summed E-state index contributed by atoms with van der Waals surface area (Å²) in [7, 11) is 2.04. The van der Waals surface area contributed by atoms with Gasteiger partial charge in [0.05, 0.1) is 18.1 Å². The van der Waals surface area contributed by atoms with Crippen LogP contribution < -0.4 is 5.32 Å². The van der Waals surface area contributed by atoms with E-state index in [1.807, 2.05) is 17.9 Å². The van der Waals surface area contributed by atoms with Crippen molar-refractivity contribution in [2.75, 3.05) is 6.54 Å². The lowest BCUT2D eigenvalue weighted by Crippen LogP contribution is -2.25. The molecule has 0 saturated heterocycles. The normalized spacial score (nSPS) is 14.5. The van der Waals surface area contributed by atoms with Crippen molar-refractivity contribution in [3.63, 3.8) is 0 Å². The molecule has 0 aliphatic carbocycles. The maximum Gasteiger partial charge on any atom is 0.0947 e. The van der Waals surface area contributed by atoms with Gasteiger partial charge in [0.2, 0.25) is 0 Å². The minimum absolute atomic E-state index is 0.419. The topological polar surface area (TPSA) is 29.9 Å². The molecule has 1 aromatic heterocycles. The molecule has 110 valence electrons. The van der Waals surface area contributed by atoms with Gasteiger partial charge < -0.3 is 9.88 Å². The second kappa shape index (κ2) is 9.13. The zero-order chi connectivity index (χ0) is 14.1. The molecule has 0 bridgehead atoms. The van der Waals surface area contributed by atoms with Gasteiger partial charge in [0.25, 0.3) is 0 Å². The molecular formula is C16H31N3. The first-order valence-electron chi connectivity index (χ1n) is 7.92. The van der Waals surface area contributed by atoms with Crippen LogP contribution in [0.1, 0.15) is 71.0 Å². The Kier molecular flexibility index (Phi) is 7.80. The molecule has 0 aliphatic rings. The van der Waals surface area contributed by atoms with Crippen molar-refractivity contribution < 1.29 is 0 Å². The second-order valence-electron chi connectivity index (χ2n) is 5.62. The van der Waals surface area contributed by atoms with Crippen LogP contribution in [0.15, 0.2) is 12.5 Å². The van der Waals surface area contributed by atoms with Crippen molar-refractivity contribution >= 4 is 0 Å². The number of imidazole rings is 1. The molecule has 0 saturated carbocycles. The van der Waals surface area contributed by atoms with Gasteiger partial charge in [-0.25, -0.2) is 4.98 Å². The average Bonchev–Trinajstić information content (AvgIpc) is 2.84. The Morgan fingerprint density at radius 1 is 1.26 bits per heavy atom. The van der Waals surface area contributed by atoms with E-state index in [0.717, 1.165) is 12.5 Å². The van der Waals surface area contributed by atoms with Crippen molar-refractivity contribution in [2.24, 2.45) is 13.0 Å². The maximum atomic E-state index is 4.54.